The van der Waals surface area contributed by atoms with Gasteiger partial charge in [-0.25, -0.2) is 4.98 Å². The summed E-state index contributed by atoms with van der Waals surface area (Å²) in [6.45, 7) is 0.823. The molecule has 1 aliphatic rings. The number of nitrogens with zero attached hydrogens (tertiary/aromatic N) is 2. The van der Waals surface area contributed by atoms with Gasteiger partial charge < -0.3 is 9.14 Å². The van der Waals surface area contributed by atoms with E-state index in [4.69, 9.17) is 4.74 Å². The van der Waals surface area contributed by atoms with Gasteiger partial charge in [-0.1, -0.05) is 6.07 Å². The number of hydrogen-bond donors (Lipinski definition) is 0. The van der Waals surface area contributed by atoms with Crippen molar-refractivity contribution in [3.8, 4) is 0 Å². The molecule has 0 saturated carbocycles. The van der Waals surface area contributed by atoms with Crippen LogP contribution < -0.4 is 0 Å². The molecule has 3 heterocycles. The molecule has 12 heavy (non-hydrogen) atoms. The highest BCUT2D eigenvalue weighted by Gasteiger charge is 2.27. The van der Waals surface area contributed by atoms with Crippen LogP contribution in [-0.2, 0) is 4.74 Å². The molecular weight excluding hydrogens is 152 g/mol. The zero-order valence-corrected chi connectivity index (χ0v) is 6.47. The highest BCUT2D eigenvalue weighted by Crippen LogP contribution is 2.28. The summed E-state index contributed by atoms with van der Waals surface area (Å²) in [6.07, 6.45) is 4.27. The van der Waals surface area contributed by atoms with Gasteiger partial charge in [0.15, 0.2) is 0 Å². The Morgan fingerprint density at radius 1 is 1.50 bits per heavy atom. The van der Waals surface area contributed by atoms with E-state index in [0.29, 0.717) is 0 Å². The molecule has 1 fully saturated rings. The minimum atomic E-state index is 0.255. The summed E-state index contributed by atoms with van der Waals surface area (Å²) in [7, 11) is 0. The minimum Gasteiger partial charge on any atom is -0.366 e. The van der Waals surface area contributed by atoms with E-state index in [-0.39, 0.29) is 6.10 Å². The van der Waals surface area contributed by atoms with Crippen LogP contribution in [-0.4, -0.2) is 16.0 Å². The van der Waals surface area contributed by atoms with E-state index in [0.717, 1.165) is 17.9 Å². The van der Waals surface area contributed by atoms with Crippen molar-refractivity contribution in [2.45, 2.75) is 6.10 Å². The highest BCUT2D eigenvalue weighted by atomic mass is 16.6. The van der Waals surface area contributed by atoms with Crippen LogP contribution in [0.5, 0.6) is 0 Å². The second kappa shape index (κ2) is 2.08. The summed E-state index contributed by atoms with van der Waals surface area (Å²) >= 11 is 0. The number of fused-ring (bicyclic) bond motifs is 1. The van der Waals surface area contributed by atoms with Gasteiger partial charge in [0.05, 0.1) is 12.3 Å². The molecule has 1 aliphatic heterocycles. The first-order valence-electron chi connectivity index (χ1n) is 3.99. The predicted molar refractivity (Wildman–Crippen MR) is 43.9 cm³/mol. The molecule has 3 rings (SSSR count). The van der Waals surface area contributed by atoms with Crippen molar-refractivity contribution in [1.82, 2.24) is 9.38 Å². The van der Waals surface area contributed by atoms with Crippen molar-refractivity contribution >= 4 is 5.65 Å². The summed E-state index contributed by atoms with van der Waals surface area (Å²) < 4.78 is 7.16. The average Bonchev–Trinajstić information content (AvgIpc) is 2.85. The van der Waals surface area contributed by atoms with Gasteiger partial charge in [-0.3, -0.25) is 0 Å². The Hall–Kier alpha value is -1.35. The molecule has 0 radical (unpaired) electrons. The molecule has 1 saturated heterocycles. The summed E-state index contributed by atoms with van der Waals surface area (Å²) in [5, 5.41) is 0. The number of imidazole rings is 1. The molecule has 0 unspecified atom stereocenters. The van der Waals surface area contributed by atoms with Crippen molar-refractivity contribution in [3.63, 3.8) is 0 Å². The maximum absolute atomic E-state index is 5.15. The lowest BCUT2D eigenvalue weighted by Gasteiger charge is -1.86. The van der Waals surface area contributed by atoms with Crippen LogP contribution in [0.25, 0.3) is 5.65 Å². The van der Waals surface area contributed by atoms with Gasteiger partial charge in [0.2, 0.25) is 0 Å². The second-order valence-electron chi connectivity index (χ2n) is 2.95. The number of epoxide rings is 1. The zero-order valence-electron chi connectivity index (χ0n) is 6.47. The molecular formula is C9H8N2O. The van der Waals surface area contributed by atoms with E-state index in [1.807, 2.05) is 35.0 Å². The van der Waals surface area contributed by atoms with Gasteiger partial charge in [-0.05, 0) is 12.1 Å². The van der Waals surface area contributed by atoms with Crippen LogP contribution in [0.1, 0.15) is 11.8 Å². The summed E-state index contributed by atoms with van der Waals surface area (Å²) in [6, 6.07) is 5.97. The molecule has 0 spiro atoms. The second-order valence-corrected chi connectivity index (χ2v) is 2.95. The lowest BCUT2D eigenvalue weighted by Crippen LogP contribution is -1.77. The Labute approximate surface area is 69.6 Å². The largest absolute Gasteiger partial charge is 0.366 e. The van der Waals surface area contributed by atoms with Crippen LogP contribution in [0.15, 0.2) is 30.6 Å². The minimum absolute atomic E-state index is 0.255. The van der Waals surface area contributed by atoms with Gasteiger partial charge in [0, 0.05) is 12.4 Å². The molecule has 2 aromatic rings. The zero-order chi connectivity index (χ0) is 7.97. The fourth-order valence-corrected chi connectivity index (χ4v) is 1.33. The molecule has 0 aliphatic carbocycles. The quantitative estimate of drug-likeness (QED) is 0.590. The molecule has 2 aromatic heterocycles. The Morgan fingerprint density at radius 2 is 2.42 bits per heavy atom. The van der Waals surface area contributed by atoms with Gasteiger partial charge >= 0.3 is 0 Å². The lowest BCUT2D eigenvalue weighted by atomic mass is 10.4. The molecule has 60 valence electrons. The van der Waals surface area contributed by atoms with E-state index in [9.17, 15) is 0 Å². The lowest BCUT2D eigenvalue weighted by molar-refractivity contribution is 0.412. The standard InChI is InChI=1S/C9H8N2O/c1-2-4-11-5-7(8-6-12-8)10-9(11)3-1/h1-5,8H,6H2/t8-/m1/s1. The normalized spacial score (nSPS) is 21.5. The van der Waals surface area contributed by atoms with Crippen LogP contribution in [0.2, 0.25) is 0 Å². The van der Waals surface area contributed by atoms with E-state index >= 15 is 0 Å². The number of rotatable bonds is 1. The van der Waals surface area contributed by atoms with Crippen LogP contribution in [0.3, 0.4) is 0 Å². The van der Waals surface area contributed by atoms with E-state index in [1.165, 1.54) is 0 Å². The molecule has 0 aromatic carbocycles. The highest BCUT2D eigenvalue weighted by molar-refractivity contribution is 5.40. The topological polar surface area (TPSA) is 29.8 Å². The van der Waals surface area contributed by atoms with Crippen molar-refractivity contribution in [3.05, 3.63) is 36.3 Å². The Bertz CT molecular complexity index is 384. The number of ether oxygens (including phenoxy) is 1. The molecule has 1 atom stereocenters. The van der Waals surface area contributed by atoms with Crippen LogP contribution >= 0.6 is 0 Å². The number of pyridine rings is 1. The summed E-state index contributed by atoms with van der Waals surface area (Å²) in [5.41, 5.74) is 2.03. The third kappa shape index (κ3) is 0.833. The molecule has 0 amide bonds. The third-order valence-electron chi connectivity index (χ3n) is 2.05. The predicted octanol–water partition coefficient (Wildman–Crippen LogP) is 1.41. The Morgan fingerprint density at radius 3 is 3.17 bits per heavy atom. The fraction of sp³-hybridized carbons (Fsp3) is 0.222. The van der Waals surface area contributed by atoms with Crippen LogP contribution in [0, 0.1) is 0 Å². The van der Waals surface area contributed by atoms with Gasteiger partial charge in [0.1, 0.15) is 11.8 Å². The fourth-order valence-electron chi connectivity index (χ4n) is 1.33. The summed E-state index contributed by atoms with van der Waals surface area (Å²) in [4.78, 5) is 4.41. The Balaban J connectivity index is 2.23. The summed E-state index contributed by atoms with van der Waals surface area (Å²) in [5.74, 6) is 0. The molecule has 0 bridgehead atoms. The SMILES string of the molecule is c1ccn2cc([C@H]3CO3)nc2c1. The average molecular weight is 160 g/mol. The number of aromatic nitrogens is 2. The third-order valence-corrected chi connectivity index (χ3v) is 2.05. The van der Waals surface area contributed by atoms with Crippen molar-refractivity contribution in [2.24, 2.45) is 0 Å². The van der Waals surface area contributed by atoms with Gasteiger partial charge in [-0.2, -0.15) is 0 Å². The first kappa shape index (κ1) is 6.20. The van der Waals surface area contributed by atoms with E-state index in [1.54, 1.807) is 0 Å². The molecule has 3 nitrogen and oxygen atoms in total. The monoisotopic (exact) mass is 160 g/mol. The Kier molecular flexibility index (Phi) is 1.07. The van der Waals surface area contributed by atoms with Crippen molar-refractivity contribution in [2.75, 3.05) is 6.61 Å². The maximum Gasteiger partial charge on any atom is 0.137 e. The number of hydrogen-bond acceptors (Lipinski definition) is 2. The van der Waals surface area contributed by atoms with Gasteiger partial charge in [0.25, 0.3) is 0 Å². The first-order valence-corrected chi connectivity index (χ1v) is 3.99. The van der Waals surface area contributed by atoms with Crippen molar-refractivity contribution < 1.29 is 4.74 Å². The molecule has 3 heteroatoms. The smallest absolute Gasteiger partial charge is 0.137 e. The molecule has 0 N–H and O–H groups in total. The van der Waals surface area contributed by atoms with Crippen molar-refractivity contribution in [1.29, 1.82) is 0 Å². The van der Waals surface area contributed by atoms with Gasteiger partial charge in [-0.15, -0.1) is 0 Å². The van der Waals surface area contributed by atoms with E-state index < -0.39 is 0 Å². The van der Waals surface area contributed by atoms with Crippen LogP contribution in [0.4, 0.5) is 0 Å². The van der Waals surface area contributed by atoms with E-state index in [2.05, 4.69) is 4.98 Å². The first-order chi connectivity index (χ1) is 5.93. The maximum atomic E-state index is 5.15.